The molecule has 0 aromatic heterocycles. The molecule has 0 bridgehead atoms. The summed E-state index contributed by atoms with van der Waals surface area (Å²) in [7, 11) is 0. The standard InChI is InChI=1S/C24H26N2O4.C23H26N2O2.C2H6.2CH4/c1-4-16-30-23(29)24(3)22(28)26(21(27)20-12-10-18(2)11-13-20)15-14-25(24)17-19-8-6-5-7-9-19;1-4-14-23(3)22(27)25(21(26)20-12-10-18(2)11-13-20)16-15-24(23)17-19-8-6-5-7-9-19;1-2;;/h4-13H,1,14-17H2,2-3H3;4-13H,1,14-17H2,2-3H3;1-2H3;2*1H4/t;23-;;;/m.0.../s1. The summed E-state index contributed by atoms with van der Waals surface area (Å²) in [4.78, 5) is 72.2. The first kappa shape index (κ1) is 51.2. The number of hydrogen-bond acceptors (Lipinski definition) is 8. The molecule has 2 heterocycles. The molecule has 0 spiro atoms. The summed E-state index contributed by atoms with van der Waals surface area (Å²) in [6.45, 7) is 21.4. The second-order valence-electron chi connectivity index (χ2n) is 14.8. The van der Waals surface area contributed by atoms with Crippen molar-refractivity contribution >= 4 is 29.6 Å². The summed E-state index contributed by atoms with van der Waals surface area (Å²) in [6, 6.07) is 34.1. The number of carbonyl (C=O) groups is 5. The number of carbonyl (C=O) groups excluding carboxylic acids is 5. The average molecular weight is 831 g/mol. The minimum atomic E-state index is -1.61. The largest absolute Gasteiger partial charge is 0.460 e. The van der Waals surface area contributed by atoms with E-state index >= 15 is 0 Å². The Morgan fingerprint density at radius 2 is 1.02 bits per heavy atom. The molecule has 326 valence electrons. The third kappa shape index (κ3) is 12.1. The average Bonchev–Trinajstić information content (AvgIpc) is 3.25. The van der Waals surface area contributed by atoms with Gasteiger partial charge in [0.15, 0.2) is 5.54 Å². The van der Waals surface area contributed by atoms with Crippen molar-refractivity contribution in [3.05, 3.63) is 168 Å². The summed E-state index contributed by atoms with van der Waals surface area (Å²) < 4.78 is 5.26. The van der Waals surface area contributed by atoms with Crippen molar-refractivity contribution in [3.8, 4) is 0 Å². The van der Waals surface area contributed by atoms with Crippen LogP contribution in [0.1, 0.15) is 91.9 Å². The molecule has 2 atom stereocenters. The van der Waals surface area contributed by atoms with Gasteiger partial charge in [-0.25, -0.2) is 4.79 Å². The number of imide groups is 2. The second-order valence-corrected chi connectivity index (χ2v) is 14.8. The zero-order valence-corrected chi connectivity index (χ0v) is 35.4. The zero-order chi connectivity index (χ0) is 43.2. The quantitative estimate of drug-likeness (QED) is 0.0638. The molecule has 0 saturated carbocycles. The maximum Gasteiger partial charge on any atom is 0.336 e. The Hall–Kier alpha value is -5.97. The third-order valence-electron chi connectivity index (χ3n) is 10.7. The topological polar surface area (TPSA) is 108 Å². The number of aryl methyl sites for hydroxylation is 2. The van der Waals surface area contributed by atoms with Gasteiger partial charge in [-0.15, -0.1) is 6.58 Å². The van der Waals surface area contributed by atoms with Gasteiger partial charge in [0, 0.05) is 50.4 Å². The molecule has 6 rings (SSSR count). The van der Waals surface area contributed by atoms with E-state index in [9.17, 15) is 24.0 Å². The Morgan fingerprint density at radius 3 is 1.44 bits per heavy atom. The van der Waals surface area contributed by atoms with Gasteiger partial charge in [-0.3, -0.25) is 38.8 Å². The second kappa shape index (κ2) is 23.7. The third-order valence-corrected chi connectivity index (χ3v) is 10.7. The molecule has 0 aliphatic carbocycles. The maximum absolute atomic E-state index is 13.5. The van der Waals surface area contributed by atoms with E-state index < -0.39 is 28.9 Å². The van der Waals surface area contributed by atoms with Crippen molar-refractivity contribution in [2.45, 2.75) is 87.0 Å². The summed E-state index contributed by atoms with van der Waals surface area (Å²) in [5.74, 6) is -2.07. The molecule has 0 radical (unpaired) electrons. The van der Waals surface area contributed by atoms with E-state index in [1.54, 1.807) is 35.2 Å². The SMILES string of the molecule is C.C.C=CCOC(=O)C1(C)C(=O)N(C(=O)c2ccc(C)cc2)CCN1Cc1ccccc1.C=CC[C@@]1(C)C(=O)N(C(=O)c2ccc(C)cc2)CCN1Cc1ccccc1.CC. The van der Waals surface area contributed by atoms with Gasteiger partial charge in [0.1, 0.15) is 12.1 Å². The molecule has 2 aliphatic rings. The molecular weight excluding hydrogens is 765 g/mol. The molecule has 1 unspecified atom stereocenters. The highest BCUT2D eigenvalue weighted by Crippen LogP contribution is 2.31. The predicted octanol–water partition coefficient (Wildman–Crippen LogP) is 9.08. The van der Waals surface area contributed by atoms with Gasteiger partial charge in [-0.2, -0.15) is 0 Å². The van der Waals surface area contributed by atoms with Crippen LogP contribution in [0.2, 0.25) is 0 Å². The fourth-order valence-corrected chi connectivity index (χ4v) is 7.12. The van der Waals surface area contributed by atoms with E-state index in [1.807, 2.05) is 107 Å². The molecule has 61 heavy (non-hydrogen) atoms. The summed E-state index contributed by atoms with van der Waals surface area (Å²) in [5, 5.41) is 0. The van der Waals surface area contributed by atoms with Crippen LogP contribution in [0.25, 0.3) is 0 Å². The van der Waals surface area contributed by atoms with E-state index in [-0.39, 0.29) is 39.8 Å². The smallest absolute Gasteiger partial charge is 0.336 e. The minimum Gasteiger partial charge on any atom is -0.460 e. The lowest BCUT2D eigenvalue weighted by Crippen LogP contribution is -2.69. The van der Waals surface area contributed by atoms with Crippen LogP contribution in [0.15, 0.2) is 135 Å². The van der Waals surface area contributed by atoms with E-state index in [2.05, 4.69) is 30.2 Å². The van der Waals surface area contributed by atoms with Crippen LogP contribution in [0.4, 0.5) is 0 Å². The van der Waals surface area contributed by atoms with Crippen LogP contribution < -0.4 is 0 Å². The normalized spacial score (nSPS) is 18.7. The molecular formula is C51H66N4O6. The maximum atomic E-state index is 13.5. The van der Waals surface area contributed by atoms with Gasteiger partial charge < -0.3 is 4.74 Å². The van der Waals surface area contributed by atoms with Crippen molar-refractivity contribution in [1.82, 2.24) is 19.6 Å². The van der Waals surface area contributed by atoms with Crippen LogP contribution in [-0.2, 0) is 32.2 Å². The van der Waals surface area contributed by atoms with Crippen LogP contribution >= 0.6 is 0 Å². The highest BCUT2D eigenvalue weighted by atomic mass is 16.5. The molecule has 4 aromatic carbocycles. The van der Waals surface area contributed by atoms with Gasteiger partial charge in [-0.05, 0) is 69.5 Å². The number of ether oxygens (including phenoxy) is 1. The number of esters is 1. The van der Waals surface area contributed by atoms with Gasteiger partial charge in [0.25, 0.3) is 17.7 Å². The lowest BCUT2D eigenvalue weighted by atomic mass is 9.90. The first-order valence-electron chi connectivity index (χ1n) is 20.2. The zero-order valence-electron chi connectivity index (χ0n) is 35.4. The first-order valence-corrected chi connectivity index (χ1v) is 20.2. The highest BCUT2D eigenvalue weighted by Gasteiger charge is 2.54. The van der Waals surface area contributed by atoms with Crippen molar-refractivity contribution < 1.29 is 28.7 Å². The van der Waals surface area contributed by atoms with Crippen LogP contribution in [-0.4, -0.2) is 93.1 Å². The number of amides is 4. The Balaban J connectivity index is 0.000000393. The van der Waals surface area contributed by atoms with Crippen molar-refractivity contribution in [3.63, 3.8) is 0 Å². The number of rotatable bonds is 11. The Kier molecular flexibility index (Phi) is 19.9. The Morgan fingerprint density at radius 1 is 0.607 bits per heavy atom. The van der Waals surface area contributed by atoms with Gasteiger partial charge >= 0.3 is 5.97 Å². The van der Waals surface area contributed by atoms with E-state index in [0.29, 0.717) is 50.3 Å². The lowest BCUT2D eigenvalue weighted by molar-refractivity contribution is -0.169. The number of nitrogens with zero attached hydrogens (tertiary/aromatic N) is 4. The first-order chi connectivity index (χ1) is 28.3. The minimum absolute atomic E-state index is 0. The molecule has 4 aromatic rings. The van der Waals surface area contributed by atoms with Crippen molar-refractivity contribution in [2.75, 3.05) is 32.8 Å². The van der Waals surface area contributed by atoms with E-state index in [0.717, 1.165) is 27.2 Å². The van der Waals surface area contributed by atoms with Crippen LogP contribution in [0.3, 0.4) is 0 Å². The lowest BCUT2D eigenvalue weighted by Gasteiger charge is -2.46. The molecule has 10 nitrogen and oxygen atoms in total. The van der Waals surface area contributed by atoms with E-state index in [1.165, 1.54) is 17.9 Å². The van der Waals surface area contributed by atoms with Crippen LogP contribution in [0.5, 0.6) is 0 Å². The van der Waals surface area contributed by atoms with Crippen LogP contribution in [0, 0.1) is 13.8 Å². The molecule has 0 N–H and O–H groups in total. The van der Waals surface area contributed by atoms with E-state index in [4.69, 9.17) is 4.74 Å². The van der Waals surface area contributed by atoms with Gasteiger partial charge in [0.05, 0.1) is 0 Å². The van der Waals surface area contributed by atoms with Gasteiger partial charge in [0.2, 0.25) is 5.91 Å². The molecule has 2 aliphatic heterocycles. The fourth-order valence-electron chi connectivity index (χ4n) is 7.12. The Labute approximate surface area is 364 Å². The summed E-state index contributed by atoms with van der Waals surface area (Å²) in [6.07, 6.45) is 3.71. The molecule has 10 heteroatoms. The summed E-state index contributed by atoms with van der Waals surface area (Å²) in [5.41, 5.74) is 2.78. The Bertz CT molecular complexity index is 2070. The van der Waals surface area contributed by atoms with Crippen molar-refractivity contribution in [2.24, 2.45) is 0 Å². The number of piperazine rings is 2. The number of hydrogen-bond donors (Lipinski definition) is 0. The fraction of sp³-hybridized carbons (Fsp3) is 0.353. The summed E-state index contributed by atoms with van der Waals surface area (Å²) >= 11 is 0. The van der Waals surface area contributed by atoms with Gasteiger partial charge in [-0.1, -0.05) is 143 Å². The molecule has 4 amide bonds. The molecule has 2 fully saturated rings. The number of benzene rings is 4. The predicted molar refractivity (Wildman–Crippen MR) is 246 cm³/mol. The monoisotopic (exact) mass is 830 g/mol. The molecule has 2 saturated heterocycles. The van der Waals surface area contributed by atoms with Crippen molar-refractivity contribution in [1.29, 1.82) is 0 Å². The highest BCUT2D eigenvalue weighted by molar-refractivity contribution is 6.15.